The minimum atomic E-state index is -0.189. The van der Waals surface area contributed by atoms with Crippen LogP contribution in [-0.4, -0.2) is 4.98 Å². The van der Waals surface area contributed by atoms with E-state index in [9.17, 15) is 0 Å². The third-order valence-electron chi connectivity index (χ3n) is 15.0. The smallest absolute Gasteiger partial charge is 0.0759 e. The molecule has 0 radical (unpaired) electrons. The topological polar surface area (TPSA) is 12.9 Å². The van der Waals surface area contributed by atoms with Crippen LogP contribution >= 0.6 is 0 Å². The molecule has 0 bridgehead atoms. The maximum absolute atomic E-state index is 5.32. The molecular formula is C62H41N. The molecule has 0 spiro atoms. The molecule has 5 aliphatic rings. The quantitative estimate of drug-likeness (QED) is 0.162. The van der Waals surface area contributed by atoms with Crippen LogP contribution in [0.2, 0.25) is 0 Å². The van der Waals surface area contributed by atoms with Crippen LogP contribution in [0, 0.1) is 11.8 Å². The Hall–Kier alpha value is -7.61. The lowest BCUT2D eigenvalue weighted by Gasteiger charge is -2.40. The van der Waals surface area contributed by atoms with Crippen LogP contribution in [0.1, 0.15) is 30.5 Å². The third kappa shape index (κ3) is 4.91. The van der Waals surface area contributed by atoms with Gasteiger partial charge in [-0.3, -0.25) is 0 Å². The van der Waals surface area contributed by atoms with Gasteiger partial charge in [-0.1, -0.05) is 190 Å². The molecule has 0 saturated heterocycles. The number of aromatic nitrogens is 1. The van der Waals surface area contributed by atoms with Gasteiger partial charge in [-0.05, 0) is 135 Å². The molecule has 1 heterocycles. The Morgan fingerprint density at radius 3 is 2.02 bits per heavy atom. The van der Waals surface area contributed by atoms with Crippen molar-refractivity contribution in [3.05, 3.63) is 239 Å². The summed E-state index contributed by atoms with van der Waals surface area (Å²) in [6.07, 6.45) is 21.0. The summed E-state index contributed by atoms with van der Waals surface area (Å²) < 4.78 is 0. The minimum absolute atomic E-state index is 0.189. The maximum Gasteiger partial charge on any atom is 0.0759 e. The van der Waals surface area contributed by atoms with Crippen molar-refractivity contribution in [2.45, 2.75) is 19.3 Å². The number of fused-ring (bicyclic) bond motifs is 4. The highest BCUT2D eigenvalue weighted by atomic mass is 14.7. The molecule has 9 aromatic rings. The van der Waals surface area contributed by atoms with Gasteiger partial charge in [0, 0.05) is 28.2 Å². The van der Waals surface area contributed by atoms with Gasteiger partial charge >= 0.3 is 0 Å². The Labute approximate surface area is 367 Å². The summed E-state index contributed by atoms with van der Waals surface area (Å²) in [6, 6.07) is 54.8. The largest absolute Gasteiger partial charge is 0.247 e. The number of benzene rings is 8. The molecule has 5 aliphatic carbocycles. The van der Waals surface area contributed by atoms with Crippen LogP contribution in [0.5, 0.6) is 0 Å². The van der Waals surface area contributed by atoms with Crippen molar-refractivity contribution in [2.24, 2.45) is 11.8 Å². The number of hydrogen-bond acceptors (Lipinski definition) is 1. The van der Waals surface area contributed by atoms with Gasteiger partial charge in [0.05, 0.1) is 11.2 Å². The van der Waals surface area contributed by atoms with Crippen molar-refractivity contribution in [3.63, 3.8) is 0 Å². The Morgan fingerprint density at radius 2 is 1.14 bits per heavy atom. The zero-order valence-corrected chi connectivity index (χ0v) is 35.2. The normalized spacial score (nSPS) is 18.8. The highest BCUT2D eigenvalue weighted by Crippen LogP contribution is 2.54. The van der Waals surface area contributed by atoms with E-state index in [4.69, 9.17) is 4.98 Å². The molecule has 8 aromatic carbocycles. The number of pyridine rings is 1. The van der Waals surface area contributed by atoms with Crippen LogP contribution in [0.3, 0.4) is 0 Å². The maximum atomic E-state index is 5.32. The van der Waals surface area contributed by atoms with E-state index in [1.807, 2.05) is 0 Å². The standard InChI is InChI=1S/C62H41N/c1-62(2)53-15-5-3-13-51(53)61-60(62)59(52-14-4-6-16-54(52)63-61)43-19-17-36(18-20-43)44-33-45(47-29-25-41-23-21-37-9-7-11-39-27-31-49(47)57(41)55(37)39)35-46(34-44)48-30-26-42-24-22-38-10-8-12-40-28-32-50(48)58(42)56(38)40/h3-35,55,57H,1-2H3. The van der Waals surface area contributed by atoms with E-state index < -0.39 is 0 Å². The van der Waals surface area contributed by atoms with E-state index in [0.717, 1.165) is 11.2 Å². The first-order valence-corrected chi connectivity index (χ1v) is 22.3. The third-order valence-corrected chi connectivity index (χ3v) is 15.0. The second-order valence-electron chi connectivity index (χ2n) is 18.6. The van der Waals surface area contributed by atoms with Gasteiger partial charge in [0.25, 0.3) is 0 Å². The average Bonchev–Trinajstić information content (AvgIpc) is 3.56. The number of para-hydroxylation sites is 1. The SMILES string of the molecule is CC1(C)c2ccccc2-c2nc3ccccc3c(-c3ccc(-c4cc(C5=C6C=CC7=CC=CC8=CC=C(C=C5)C6C78)cc(-c5ccc6ccc7cccc8ccc5c6c78)c4)cc3)c21. The summed E-state index contributed by atoms with van der Waals surface area (Å²) in [6.45, 7) is 4.72. The van der Waals surface area contributed by atoms with Gasteiger partial charge in [-0.15, -0.1) is 0 Å². The zero-order valence-electron chi connectivity index (χ0n) is 35.2. The predicted molar refractivity (Wildman–Crippen MR) is 265 cm³/mol. The van der Waals surface area contributed by atoms with Crippen molar-refractivity contribution < 1.29 is 0 Å². The van der Waals surface area contributed by atoms with Crippen LogP contribution in [-0.2, 0) is 5.41 Å². The Balaban J connectivity index is 0.976. The predicted octanol–water partition coefficient (Wildman–Crippen LogP) is 15.9. The van der Waals surface area contributed by atoms with Crippen LogP contribution < -0.4 is 0 Å². The molecule has 294 valence electrons. The lowest BCUT2D eigenvalue weighted by molar-refractivity contribution is 0.566. The molecule has 0 amide bonds. The van der Waals surface area contributed by atoms with Crippen LogP contribution in [0.25, 0.3) is 93.4 Å². The molecule has 2 unspecified atom stereocenters. The Bertz CT molecular complexity index is 3730. The molecule has 14 rings (SSSR count). The van der Waals surface area contributed by atoms with Crippen molar-refractivity contribution in [2.75, 3.05) is 0 Å². The summed E-state index contributed by atoms with van der Waals surface area (Å²) in [5, 5.41) is 9.04. The highest BCUT2D eigenvalue weighted by Gasteiger charge is 2.40. The Kier molecular flexibility index (Phi) is 7.07. The second-order valence-corrected chi connectivity index (χ2v) is 18.6. The number of allylic oxidation sites excluding steroid dienone is 14. The molecule has 2 atom stereocenters. The van der Waals surface area contributed by atoms with Crippen molar-refractivity contribution in [3.8, 4) is 44.6 Å². The van der Waals surface area contributed by atoms with Crippen LogP contribution in [0.4, 0.5) is 0 Å². The first-order valence-electron chi connectivity index (χ1n) is 22.3. The van der Waals surface area contributed by atoms with Crippen molar-refractivity contribution >= 4 is 48.8 Å². The number of rotatable bonds is 4. The zero-order chi connectivity index (χ0) is 41.6. The lowest BCUT2D eigenvalue weighted by atomic mass is 9.63. The number of hydrogen-bond donors (Lipinski definition) is 0. The average molecular weight is 800 g/mol. The van der Waals surface area contributed by atoms with E-state index in [1.54, 1.807) is 0 Å². The molecular weight excluding hydrogens is 759 g/mol. The van der Waals surface area contributed by atoms with E-state index in [1.165, 1.54) is 121 Å². The molecule has 0 fully saturated rings. The van der Waals surface area contributed by atoms with Gasteiger partial charge in [-0.25, -0.2) is 4.98 Å². The molecule has 1 aromatic heterocycles. The van der Waals surface area contributed by atoms with E-state index in [-0.39, 0.29) is 5.41 Å². The van der Waals surface area contributed by atoms with Gasteiger partial charge < -0.3 is 0 Å². The summed E-state index contributed by atoms with van der Waals surface area (Å²) in [7, 11) is 0. The molecule has 0 saturated carbocycles. The fourth-order valence-corrected chi connectivity index (χ4v) is 12.1. The van der Waals surface area contributed by atoms with Crippen LogP contribution in [0.15, 0.2) is 223 Å². The molecule has 1 nitrogen and oxygen atoms in total. The monoisotopic (exact) mass is 799 g/mol. The van der Waals surface area contributed by atoms with E-state index in [0.29, 0.717) is 11.8 Å². The second kappa shape index (κ2) is 12.7. The van der Waals surface area contributed by atoms with Gasteiger partial charge in [0.15, 0.2) is 0 Å². The molecule has 0 aliphatic heterocycles. The van der Waals surface area contributed by atoms with E-state index in [2.05, 4.69) is 214 Å². The molecule has 0 N–H and O–H groups in total. The van der Waals surface area contributed by atoms with Crippen molar-refractivity contribution in [1.82, 2.24) is 4.98 Å². The van der Waals surface area contributed by atoms with Gasteiger partial charge in [-0.2, -0.15) is 0 Å². The molecule has 63 heavy (non-hydrogen) atoms. The number of nitrogens with zero attached hydrogens (tertiary/aromatic N) is 1. The first-order chi connectivity index (χ1) is 31.0. The summed E-state index contributed by atoms with van der Waals surface area (Å²) >= 11 is 0. The van der Waals surface area contributed by atoms with Gasteiger partial charge in [0.1, 0.15) is 0 Å². The minimum Gasteiger partial charge on any atom is -0.247 e. The summed E-state index contributed by atoms with van der Waals surface area (Å²) in [5.74, 6) is 0.658. The lowest BCUT2D eigenvalue weighted by Crippen LogP contribution is -2.29. The summed E-state index contributed by atoms with van der Waals surface area (Å²) in [5.41, 5.74) is 21.4. The fraction of sp³-hybridized carbons (Fsp3) is 0.0806. The Morgan fingerprint density at radius 1 is 0.460 bits per heavy atom. The van der Waals surface area contributed by atoms with Gasteiger partial charge in [0.2, 0.25) is 0 Å². The fourth-order valence-electron chi connectivity index (χ4n) is 12.1. The first kappa shape index (κ1) is 35.0. The molecule has 1 heteroatoms. The highest BCUT2D eigenvalue weighted by molar-refractivity contribution is 6.25. The van der Waals surface area contributed by atoms with E-state index >= 15 is 0 Å². The summed E-state index contributed by atoms with van der Waals surface area (Å²) in [4.78, 5) is 5.32. The van der Waals surface area contributed by atoms with Crippen molar-refractivity contribution in [1.29, 1.82) is 0 Å².